The van der Waals surface area contributed by atoms with Gasteiger partial charge in [0.2, 0.25) is 0 Å². The number of hydrogen-bond donors (Lipinski definition) is 1. The first-order chi connectivity index (χ1) is 7.86. The van der Waals surface area contributed by atoms with Crippen molar-refractivity contribution in [3.63, 3.8) is 0 Å². The van der Waals surface area contributed by atoms with Crippen LogP contribution in [-0.4, -0.2) is 12.6 Å². The fraction of sp³-hybridized carbons (Fsp3) is 0.571. The number of thiophene rings is 1. The predicted molar refractivity (Wildman–Crippen MR) is 74.2 cm³/mol. The molecular weight excluding hydrogens is 214 g/mol. The Hall–Kier alpha value is -0.600. The first-order valence-electron chi connectivity index (χ1n) is 6.23. The zero-order chi connectivity index (χ0) is 11.6. The lowest BCUT2D eigenvalue weighted by atomic mass is 10.0. The summed E-state index contributed by atoms with van der Waals surface area (Å²) < 4.78 is 0. The van der Waals surface area contributed by atoms with Gasteiger partial charge in [0.1, 0.15) is 0 Å². The standard InChI is InChI=1S/C14H23NS/c1-3-5-8-13(15-4-2)9-6-10-14-11-7-12-16-14/h3,7,11-13,15H,1,4-6,8-10H2,2H3. The molecule has 0 saturated carbocycles. The molecule has 0 aliphatic heterocycles. The average molecular weight is 237 g/mol. The molecule has 1 N–H and O–H groups in total. The number of aryl methyl sites for hydroxylation is 1. The summed E-state index contributed by atoms with van der Waals surface area (Å²) in [6.07, 6.45) is 8.16. The second-order valence-corrected chi connectivity index (χ2v) is 5.12. The van der Waals surface area contributed by atoms with Crippen molar-refractivity contribution >= 4 is 11.3 Å². The molecule has 1 rings (SSSR count). The zero-order valence-electron chi connectivity index (χ0n) is 10.2. The van der Waals surface area contributed by atoms with E-state index in [9.17, 15) is 0 Å². The number of hydrogen-bond acceptors (Lipinski definition) is 2. The van der Waals surface area contributed by atoms with Crippen LogP contribution in [0.5, 0.6) is 0 Å². The Kier molecular flexibility index (Phi) is 7.19. The highest BCUT2D eigenvalue weighted by atomic mass is 32.1. The van der Waals surface area contributed by atoms with Crippen molar-refractivity contribution in [3.05, 3.63) is 35.0 Å². The van der Waals surface area contributed by atoms with Gasteiger partial charge >= 0.3 is 0 Å². The molecule has 1 heterocycles. The van der Waals surface area contributed by atoms with E-state index in [1.807, 2.05) is 17.4 Å². The molecule has 1 aromatic heterocycles. The van der Waals surface area contributed by atoms with E-state index in [1.54, 1.807) is 0 Å². The van der Waals surface area contributed by atoms with Crippen molar-refractivity contribution in [2.24, 2.45) is 0 Å². The van der Waals surface area contributed by atoms with Gasteiger partial charge in [0.25, 0.3) is 0 Å². The Morgan fingerprint density at radius 2 is 2.38 bits per heavy atom. The largest absolute Gasteiger partial charge is 0.314 e. The molecule has 0 spiro atoms. The molecule has 2 heteroatoms. The van der Waals surface area contributed by atoms with Gasteiger partial charge in [-0.25, -0.2) is 0 Å². The van der Waals surface area contributed by atoms with E-state index < -0.39 is 0 Å². The van der Waals surface area contributed by atoms with Crippen LogP contribution in [0.4, 0.5) is 0 Å². The molecule has 0 bridgehead atoms. The highest BCUT2D eigenvalue weighted by molar-refractivity contribution is 7.09. The van der Waals surface area contributed by atoms with Crippen molar-refractivity contribution in [3.8, 4) is 0 Å². The van der Waals surface area contributed by atoms with Crippen LogP contribution in [0.1, 0.15) is 37.5 Å². The number of nitrogens with one attached hydrogen (secondary N) is 1. The lowest BCUT2D eigenvalue weighted by Crippen LogP contribution is -2.28. The minimum atomic E-state index is 0.669. The van der Waals surface area contributed by atoms with E-state index in [0.29, 0.717) is 6.04 Å². The highest BCUT2D eigenvalue weighted by Crippen LogP contribution is 2.14. The fourth-order valence-electron chi connectivity index (χ4n) is 1.93. The summed E-state index contributed by atoms with van der Waals surface area (Å²) in [4.78, 5) is 1.51. The molecule has 0 aliphatic carbocycles. The Balaban J connectivity index is 2.18. The SMILES string of the molecule is C=CCCC(CCCc1cccs1)NCC. The Morgan fingerprint density at radius 3 is 3.00 bits per heavy atom. The van der Waals surface area contributed by atoms with E-state index in [0.717, 1.165) is 13.0 Å². The summed E-state index contributed by atoms with van der Waals surface area (Å²) in [7, 11) is 0. The van der Waals surface area contributed by atoms with Crippen molar-refractivity contribution in [1.82, 2.24) is 5.32 Å². The minimum absolute atomic E-state index is 0.669. The van der Waals surface area contributed by atoms with Crippen LogP contribution < -0.4 is 5.32 Å². The monoisotopic (exact) mass is 237 g/mol. The summed E-state index contributed by atoms with van der Waals surface area (Å²) in [5.41, 5.74) is 0. The molecule has 1 nitrogen and oxygen atoms in total. The van der Waals surface area contributed by atoms with E-state index in [1.165, 1.54) is 30.6 Å². The molecule has 0 fully saturated rings. The molecule has 1 aromatic rings. The molecule has 16 heavy (non-hydrogen) atoms. The topological polar surface area (TPSA) is 12.0 Å². The summed E-state index contributed by atoms with van der Waals surface area (Å²) in [6.45, 7) is 7.04. The van der Waals surface area contributed by atoms with Gasteiger partial charge in [0.05, 0.1) is 0 Å². The van der Waals surface area contributed by atoms with Gasteiger partial charge in [-0.3, -0.25) is 0 Å². The van der Waals surface area contributed by atoms with Gasteiger partial charge < -0.3 is 5.32 Å². The number of rotatable bonds is 9. The maximum Gasteiger partial charge on any atom is 0.00700 e. The highest BCUT2D eigenvalue weighted by Gasteiger charge is 2.05. The molecule has 0 aromatic carbocycles. The van der Waals surface area contributed by atoms with Crippen LogP contribution >= 0.6 is 11.3 Å². The molecule has 0 aliphatic rings. The summed E-state index contributed by atoms with van der Waals surface area (Å²) in [6, 6.07) is 5.04. The van der Waals surface area contributed by atoms with Crippen molar-refractivity contribution < 1.29 is 0 Å². The molecule has 1 unspecified atom stereocenters. The lowest BCUT2D eigenvalue weighted by Gasteiger charge is -2.16. The van der Waals surface area contributed by atoms with E-state index in [4.69, 9.17) is 0 Å². The third-order valence-corrected chi connectivity index (χ3v) is 3.70. The average Bonchev–Trinajstić information content (AvgIpc) is 2.79. The molecule has 1 atom stereocenters. The first-order valence-corrected chi connectivity index (χ1v) is 7.11. The fourth-order valence-corrected chi connectivity index (χ4v) is 2.68. The van der Waals surface area contributed by atoms with Crippen molar-refractivity contribution in [2.45, 2.75) is 45.1 Å². The van der Waals surface area contributed by atoms with Crippen LogP contribution in [0.2, 0.25) is 0 Å². The van der Waals surface area contributed by atoms with Gasteiger partial charge in [0, 0.05) is 10.9 Å². The van der Waals surface area contributed by atoms with Crippen LogP contribution in [0.3, 0.4) is 0 Å². The van der Waals surface area contributed by atoms with E-state index >= 15 is 0 Å². The molecule has 0 saturated heterocycles. The van der Waals surface area contributed by atoms with Crippen LogP contribution in [-0.2, 0) is 6.42 Å². The summed E-state index contributed by atoms with van der Waals surface area (Å²) in [5, 5.41) is 5.71. The quantitative estimate of drug-likeness (QED) is 0.640. The van der Waals surface area contributed by atoms with Gasteiger partial charge in [0.15, 0.2) is 0 Å². The van der Waals surface area contributed by atoms with Crippen LogP contribution in [0, 0.1) is 0 Å². The summed E-state index contributed by atoms with van der Waals surface area (Å²) >= 11 is 1.87. The van der Waals surface area contributed by atoms with Crippen molar-refractivity contribution in [2.75, 3.05) is 6.54 Å². The third kappa shape index (κ3) is 5.47. The van der Waals surface area contributed by atoms with Crippen LogP contribution in [0.15, 0.2) is 30.2 Å². The second kappa shape index (κ2) is 8.54. The maximum atomic E-state index is 3.79. The van der Waals surface area contributed by atoms with Gasteiger partial charge in [-0.15, -0.1) is 17.9 Å². The lowest BCUT2D eigenvalue weighted by molar-refractivity contribution is 0.455. The van der Waals surface area contributed by atoms with Crippen LogP contribution in [0.25, 0.3) is 0 Å². The van der Waals surface area contributed by atoms with Gasteiger partial charge in [-0.1, -0.05) is 19.1 Å². The second-order valence-electron chi connectivity index (χ2n) is 4.09. The number of allylic oxidation sites excluding steroid dienone is 1. The Labute approximate surface area is 104 Å². The minimum Gasteiger partial charge on any atom is -0.314 e. The summed E-state index contributed by atoms with van der Waals surface area (Å²) in [5.74, 6) is 0. The smallest absolute Gasteiger partial charge is 0.00700 e. The zero-order valence-corrected chi connectivity index (χ0v) is 11.1. The van der Waals surface area contributed by atoms with Crippen molar-refractivity contribution in [1.29, 1.82) is 0 Å². The molecule has 0 amide bonds. The molecule has 90 valence electrons. The molecular formula is C14H23NS. The van der Waals surface area contributed by atoms with E-state index in [2.05, 4.69) is 36.3 Å². The normalized spacial score (nSPS) is 12.6. The van der Waals surface area contributed by atoms with E-state index in [-0.39, 0.29) is 0 Å². The Morgan fingerprint density at radius 1 is 1.50 bits per heavy atom. The van der Waals surface area contributed by atoms with Gasteiger partial charge in [-0.2, -0.15) is 0 Å². The maximum absolute atomic E-state index is 3.79. The first kappa shape index (κ1) is 13.5. The predicted octanol–water partition coefficient (Wildman–Crippen LogP) is 4.02. The third-order valence-electron chi connectivity index (χ3n) is 2.77. The Bertz CT molecular complexity index is 266. The molecule has 0 radical (unpaired) electrons. The van der Waals surface area contributed by atoms with Gasteiger partial charge in [-0.05, 0) is 50.1 Å².